The molecule has 0 fully saturated rings. The van der Waals surface area contributed by atoms with Gasteiger partial charge < -0.3 is 0 Å². The number of nitrogens with zero attached hydrogens (tertiary/aromatic N) is 1. The van der Waals surface area contributed by atoms with Gasteiger partial charge in [0, 0.05) is 22.9 Å². The number of aromatic nitrogens is 1. The smallest absolute Gasteiger partial charge is 0.0931 e. The summed E-state index contributed by atoms with van der Waals surface area (Å²) < 4.78 is 0. The van der Waals surface area contributed by atoms with E-state index in [4.69, 9.17) is 11.6 Å². The molecule has 0 aliphatic carbocycles. The third kappa shape index (κ3) is 3.28. The maximum Gasteiger partial charge on any atom is 0.0931 e. The maximum atomic E-state index is 6.08. The van der Waals surface area contributed by atoms with E-state index in [2.05, 4.69) is 24.2 Å². The topological polar surface area (TPSA) is 12.9 Å². The molecule has 1 nitrogen and oxygen atoms in total. The molecule has 2 unspecified atom stereocenters. The quantitative estimate of drug-likeness (QED) is 0.702. The molecule has 3 heteroatoms. The van der Waals surface area contributed by atoms with Gasteiger partial charge in [-0.1, -0.05) is 13.3 Å². The molecule has 0 saturated heterocycles. The summed E-state index contributed by atoms with van der Waals surface area (Å²) in [5, 5.41) is 3.56. The van der Waals surface area contributed by atoms with Crippen LogP contribution in [0.4, 0.5) is 0 Å². The first kappa shape index (κ1) is 11.0. The highest BCUT2D eigenvalue weighted by molar-refractivity contribution is 7.09. The Morgan fingerprint density at radius 2 is 2.31 bits per heavy atom. The Morgan fingerprint density at radius 1 is 1.62 bits per heavy atom. The predicted molar refractivity (Wildman–Crippen MR) is 59.7 cm³/mol. The van der Waals surface area contributed by atoms with Crippen molar-refractivity contribution < 1.29 is 0 Å². The Labute approximate surface area is 89.1 Å². The van der Waals surface area contributed by atoms with Crippen LogP contribution in [0.25, 0.3) is 0 Å². The Kier molecular flexibility index (Phi) is 4.20. The minimum Gasteiger partial charge on any atom is -0.247 e. The van der Waals surface area contributed by atoms with Crippen molar-refractivity contribution in [1.82, 2.24) is 4.98 Å². The fraction of sp³-hybridized carbons (Fsp3) is 0.700. The first-order valence-electron chi connectivity index (χ1n) is 4.68. The van der Waals surface area contributed by atoms with Crippen molar-refractivity contribution in [2.45, 2.75) is 39.0 Å². The van der Waals surface area contributed by atoms with E-state index in [-0.39, 0.29) is 5.38 Å². The van der Waals surface area contributed by atoms with E-state index in [1.54, 1.807) is 11.3 Å². The van der Waals surface area contributed by atoms with Crippen LogP contribution in [0.2, 0.25) is 0 Å². The summed E-state index contributed by atoms with van der Waals surface area (Å²) in [4.78, 5) is 4.44. The molecule has 74 valence electrons. The lowest BCUT2D eigenvalue weighted by Crippen LogP contribution is -2.13. The number of alkyl halides is 1. The zero-order chi connectivity index (χ0) is 9.84. The fourth-order valence-electron chi connectivity index (χ4n) is 1.35. The highest BCUT2D eigenvalue weighted by atomic mass is 35.5. The fourth-order valence-corrected chi connectivity index (χ4v) is 2.49. The van der Waals surface area contributed by atoms with Crippen LogP contribution >= 0.6 is 22.9 Å². The molecular formula is C10H16ClNS. The summed E-state index contributed by atoms with van der Waals surface area (Å²) in [6.45, 7) is 6.28. The van der Waals surface area contributed by atoms with Gasteiger partial charge in [0.1, 0.15) is 0 Å². The molecule has 1 aromatic rings. The van der Waals surface area contributed by atoms with Crippen molar-refractivity contribution in [2.24, 2.45) is 5.92 Å². The Bertz CT molecular complexity index is 257. The molecule has 2 atom stereocenters. The van der Waals surface area contributed by atoms with E-state index in [1.807, 2.05) is 6.92 Å². The first-order valence-corrected chi connectivity index (χ1v) is 6.00. The Hall–Kier alpha value is -0.0800. The van der Waals surface area contributed by atoms with E-state index >= 15 is 0 Å². The van der Waals surface area contributed by atoms with Crippen LogP contribution in [-0.4, -0.2) is 10.4 Å². The van der Waals surface area contributed by atoms with Gasteiger partial charge in [-0.3, -0.25) is 0 Å². The van der Waals surface area contributed by atoms with Crippen LogP contribution in [0.1, 0.15) is 31.0 Å². The second-order valence-corrected chi connectivity index (χ2v) is 5.06. The normalized spacial score (nSPS) is 15.7. The summed E-state index contributed by atoms with van der Waals surface area (Å²) in [5.41, 5.74) is 1.12. The van der Waals surface area contributed by atoms with Crippen molar-refractivity contribution >= 4 is 22.9 Å². The van der Waals surface area contributed by atoms with Crippen molar-refractivity contribution in [3.63, 3.8) is 0 Å². The second-order valence-electron chi connectivity index (χ2n) is 3.43. The van der Waals surface area contributed by atoms with Crippen LogP contribution in [0.3, 0.4) is 0 Å². The van der Waals surface area contributed by atoms with Gasteiger partial charge in [-0.15, -0.1) is 22.9 Å². The zero-order valence-electron chi connectivity index (χ0n) is 8.38. The Balaban J connectivity index is 2.56. The summed E-state index contributed by atoms with van der Waals surface area (Å²) in [5.74, 6) is 0.562. The van der Waals surface area contributed by atoms with Gasteiger partial charge in [-0.25, -0.2) is 4.98 Å². The summed E-state index contributed by atoms with van der Waals surface area (Å²) >= 11 is 7.82. The van der Waals surface area contributed by atoms with E-state index in [1.165, 1.54) is 5.01 Å². The van der Waals surface area contributed by atoms with Crippen molar-refractivity contribution in [1.29, 1.82) is 0 Å². The minimum atomic E-state index is 0.245. The number of halogens is 1. The average Bonchev–Trinajstić information content (AvgIpc) is 2.46. The minimum absolute atomic E-state index is 0.245. The Morgan fingerprint density at radius 3 is 2.69 bits per heavy atom. The second kappa shape index (κ2) is 4.97. The largest absolute Gasteiger partial charge is 0.247 e. The summed E-state index contributed by atoms with van der Waals surface area (Å²) in [7, 11) is 0. The van der Waals surface area contributed by atoms with E-state index in [0.717, 1.165) is 18.5 Å². The van der Waals surface area contributed by atoms with Crippen molar-refractivity contribution in [3.8, 4) is 0 Å². The third-order valence-electron chi connectivity index (χ3n) is 2.28. The molecule has 1 heterocycles. The molecule has 0 amide bonds. The van der Waals surface area contributed by atoms with Gasteiger partial charge in [0.15, 0.2) is 0 Å². The third-order valence-corrected chi connectivity index (χ3v) is 3.62. The molecule has 0 bridgehead atoms. The van der Waals surface area contributed by atoms with Crippen molar-refractivity contribution in [2.75, 3.05) is 0 Å². The average molecular weight is 218 g/mol. The molecule has 0 spiro atoms. The highest BCUT2D eigenvalue weighted by Gasteiger charge is 2.14. The number of hydrogen-bond donors (Lipinski definition) is 0. The standard InChI is InChI=1S/C10H16ClNS/c1-4-9(8(3)11)5-10-12-7(2)6-13-10/h6,8-9H,4-5H2,1-3H3. The number of hydrogen-bond acceptors (Lipinski definition) is 2. The lowest BCUT2D eigenvalue weighted by Gasteiger charge is -2.15. The lowest BCUT2D eigenvalue weighted by molar-refractivity contribution is 0.496. The van der Waals surface area contributed by atoms with E-state index < -0.39 is 0 Å². The van der Waals surface area contributed by atoms with Crippen LogP contribution in [0.15, 0.2) is 5.38 Å². The lowest BCUT2D eigenvalue weighted by atomic mass is 10.00. The van der Waals surface area contributed by atoms with Gasteiger partial charge in [-0.05, 0) is 19.8 Å². The molecule has 0 saturated carbocycles. The summed E-state index contributed by atoms with van der Waals surface area (Å²) in [6, 6.07) is 0. The van der Waals surface area contributed by atoms with Gasteiger partial charge in [0.05, 0.1) is 5.01 Å². The zero-order valence-corrected chi connectivity index (χ0v) is 9.95. The monoisotopic (exact) mass is 217 g/mol. The van der Waals surface area contributed by atoms with Gasteiger partial charge in [0.25, 0.3) is 0 Å². The van der Waals surface area contributed by atoms with E-state index in [9.17, 15) is 0 Å². The van der Waals surface area contributed by atoms with Gasteiger partial charge >= 0.3 is 0 Å². The van der Waals surface area contributed by atoms with Crippen LogP contribution < -0.4 is 0 Å². The van der Waals surface area contributed by atoms with Crippen LogP contribution in [0.5, 0.6) is 0 Å². The number of rotatable bonds is 4. The molecule has 0 aliphatic heterocycles. The molecule has 0 aliphatic rings. The molecule has 0 aromatic carbocycles. The molecule has 0 N–H and O–H groups in total. The molecule has 13 heavy (non-hydrogen) atoms. The maximum absolute atomic E-state index is 6.08. The summed E-state index contributed by atoms with van der Waals surface area (Å²) in [6.07, 6.45) is 2.16. The highest BCUT2D eigenvalue weighted by Crippen LogP contribution is 2.21. The predicted octanol–water partition coefficient (Wildman–Crippen LogP) is 3.65. The SMILES string of the molecule is CCC(Cc1nc(C)cs1)C(C)Cl. The van der Waals surface area contributed by atoms with Gasteiger partial charge in [-0.2, -0.15) is 0 Å². The molecular weight excluding hydrogens is 202 g/mol. The molecule has 0 radical (unpaired) electrons. The number of aryl methyl sites for hydroxylation is 1. The van der Waals surface area contributed by atoms with E-state index in [0.29, 0.717) is 5.92 Å². The first-order chi connectivity index (χ1) is 6.13. The van der Waals surface area contributed by atoms with Gasteiger partial charge in [0.2, 0.25) is 0 Å². The van der Waals surface area contributed by atoms with Crippen LogP contribution in [-0.2, 0) is 6.42 Å². The molecule has 1 rings (SSSR count). The molecule has 1 aromatic heterocycles. The van der Waals surface area contributed by atoms with Crippen molar-refractivity contribution in [3.05, 3.63) is 16.1 Å². The van der Waals surface area contributed by atoms with Crippen LogP contribution in [0, 0.1) is 12.8 Å². The number of thiazole rings is 1.